The molecule has 39 heavy (non-hydrogen) atoms. The molecule has 1 amide bonds. The highest BCUT2D eigenvalue weighted by molar-refractivity contribution is 7.72. The fourth-order valence-electron chi connectivity index (χ4n) is 5.52. The Morgan fingerprint density at radius 3 is 2.62 bits per heavy atom. The number of anilines is 1. The number of benzene rings is 2. The number of alkyl halides is 1. The number of nitriles is 1. The van der Waals surface area contributed by atoms with Crippen LogP contribution in [-0.4, -0.2) is 58.7 Å². The summed E-state index contributed by atoms with van der Waals surface area (Å²) in [5.74, 6) is 1.45. The van der Waals surface area contributed by atoms with Gasteiger partial charge >= 0.3 is 0 Å². The van der Waals surface area contributed by atoms with Gasteiger partial charge in [0.2, 0.25) is 6.79 Å². The Morgan fingerprint density at radius 1 is 1.21 bits per heavy atom. The van der Waals surface area contributed by atoms with Gasteiger partial charge in [-0.1, -0.05) is 12.1 Å². The van der Waals surface area contributed by atoms with Gasteiger partial charge in [0.05, 0.1) is 23.0 Å². The van der Waals surface area contributed by atoms with E-state index in [1.165, 1.54) is 4.90 Å². The lowest BCUT2D eigenvalue weighted by Gasteiger charge is -2.33. The van der Waals surface area contributed by atoms with Crippen LogP contribution in [0.25, 0.3) is 10.9 Å². The lowest BCUT2D eigenvalue weighted by molar-refractivity contribution is -0.137. The monoisotopic (exact) mass is 549 g/mol. The summed E-state index contributed by atoms with van der Waals surface area (Å²) in [5, 5.41) is 14.1. The van der Waals surface area contributed by atoms with E-state index in [1.54, 1.807) is 13.0 Å². The number of carbonyl (C=O) groups is 1. The van der Waals surface area contributed by atoms with Crippen LogP contribution in [0.15, 0.2) is 24.3 Å². The van der Waals surface area contributed by atoms with Crippen LogP contribution in [0.3, 0.4) is 0 Å². The molecule has 0 unspecified atom stereocenters. The van der Waals surface area contributed by atoms with Gasteiger partial charge in [-0.05, 0) is 56.9 Å². The Hall–Kier alpha value is -3.70. The predicted octanol–water partition coefficient (Wildman–Crippen LogP) is 4.35. The lowest BCUT2D eigenvalue weighted by atomic mass is 9.98. The maximum absolute atomic E-state index is 14.4. The number of aromatic nitrogens is 2. The Morgan fingerprint density at radius 2 is 1.92 bits per heavy atom. The summed E-state index contributed by atoms with van der Waals surface area (Å²) in [6.07, 6.45) is 0.999. The molecule has 6 rings (SSSR count). The first-order valence-electron chi connectivity index (χ1n) is 13.1. The van der Waals surface area contributed by atoms with Crippen LogP contribution in [0.2, 0.25) is 0 Å². The molecular formula is C28H29FN5O4P. The Balaban J connectivity index is 1.38. The second-order valence-electron chi connectivity index (χ2n) is 10.6. The number of nitrogens with one attached hydrogen (secondary N) is 1. The molecule has 1 atom stereocenters. The Kier molecular flexibility index (Phi) is 6.03. The van der Waals surface area contributed by atoms with Crippen molar-refractivity contribution in [1.82, 2.24) is 14.9 Å². The SMILES string of the molecule is Cc1nc(N[C@H](C)c2cccc(C#N)c2C)c2cc(P3(=O)CCN(C(=O)C4(F)CC4)CC3)c3c(c2n1)OCO3. The van der Waals surface area contributed by atoms with Crippen LogP contribution >= 0.6 is 7.14 Å². The van der Waals surface area contributed by atoms with Crippen LogP contribution in [0.5, 0.6) is 11.5 Å². The standard InChI is InChI=1S/C28H29FN5O4P/c1-16-19(14-30)5-4-6-20(16)17(2)31-26-21-13-22(24-25(38-15-37-24)23(21)32-18(3)33-26)39(36)11-9-34(10-12-39)27(35)28(29)7-8-28/h4-6,13,17H,7-12,15H2,1-3H3,(H,31,32,33)/t17-/m1/s1. The average Bonchev–Trinajstić information content (AvgIpc) is 3.47. The number of hydrogen-bond donors (Lipinski definition) is 1. The van der Waals surface area contributed by atoms with Gasteiger partial charge < -0.3 is 24.3 Å². The summed E-state index contributed by atoms with van der Waals surface area (Å²) >= 11 is 0. The number of rotatable bonds is 5. The molecule has 3 aromatic rings. The summed E-state index contributed by atoms with van der Waals surface area (Å²) in [6.45, 7) is 6.15. The first-order chi connectivity index (χ1) is 18.6. The number of amides is 1. The van der Waals surface area contributed by atoms with Crippen molar-refractivity contribution in [3.63, 3.8) is 0 Å². The maximum Gasteiger partial charge on any atom is 0.260 e. The Labute approximate surface area is 225 Å². The fraction of sp³-hybridized carbons (Fsp3) is 0.429. The van der Waals surface area contributed by atoms with E-state index in [-0.39, 0.29) is 51.1 Å². The van der Waals surface area contributed by atoms with Crippen LogP contribution in [0.4, 0.5) is 10.2 Å². The lowest BCUT2D eigenvalue weighted by Crippen LogP contribution is -2.45. The van der Waals surface area contributed by atoms with Crippen molar-refractivity contribution in [2.75, 3.05) is 37.5 Å². The van der Waals surface area contributed by atoms with Crippen molar-refractivity contribution in [1.29, 1.82) is 5.26 Å². The molecule has 1 saturated carbocycles. The molecule has 1 aromatic heterocycles. The minimum Gasteiger partial charge on any atom is -0.453 e. The van der Waals surface area contributed by atoms with Gasteiger partial charge in [-0.25, -0.2) is 14.4 Å². The van der Waals surface area contributed by atoms with Crippen molar-refractivity contribution in [2.24, 2.45) is 0 Å². The normalized spacial score (nSPS) is 19.4. The van der Waals surface area contributed by atoms with Gasteiger partial charge in [-0.3, -0.25) is 4.79 Å². The third-order valence-electron chi connectivity index (χ3n) is 7.98. The zero-order chi connectivity index (χ0) is 27.5. The molecule has 1 N–H and O–H groups in total. The van der Waals surface area contributed by atoms with Crippen molar-refractivity contribution >= 4 is 35.1 Å². The first-order valence-corrected chi connectivity index (χ1v) is 15.2. The second-order valence-corrected chi connectivity index (χ2v) is 13.7. The van der Waals surface area contributed by atoms with E-state index >= 15 is 0 Å². The van der Waals surface area contributed by atoms with E-state index in [1.807, 2.05) is 32.0 Å². The number of halogens is 1. The van der Waals surface area contributed by atoms with Gasteiger partial charge in [0, 0.05) is 30.8 Å². The Bertz CT molecular complexity index is 1600. The zero-order valence-corrected chi connectivity index (χ0v) is 23.0. The molecule has 3 heterocycles. The minimum atomic E-state index is -3.00. The number of ether oxygens (including phenoxy) is 2. The molecule has 3 aliphatic rings. The molecule has 0 radical (unpaired) electrons. The molecule has 1 saturated heterocycles. The van der Waals surface area contributed by atoms with Crippen molar-refractivity contribution in [3.05, 3.63) is 46.8 Å². The summed E-state index contributed by atoms with van der Waals surface area (Å²) in [4.78, 5) is 23.3. The van der Waals surface area contributed by atoms with Crippen LogP contribution in [0.1, 0.15) is 48.3 Å². The highest BCUT2D eigenvalue weighted by Crippen LogP contribution is 2.54. The van der Waals surface area contributed by atoms with E-state index in [4.69, 9.17) is 9.47 Å². The summed E-state index contributed by atoms with van der Waals surface area (Å²) < 4.78 is 40.4. The smallest absolute Gasteiger partial charge is 0.260 e. The van der Waals surface area contributed by atoms with E-state index in [0.717, 1.165) is 11.1 Å². The van der Waals surface area contributed by atoms with Gasteiger partial charge in [0.1, 0.15) is 24.3 Å². The van der Waals surface area contributed by atoms with Gasteiger partial charge in [-0.2, -0.15) is 5.26 Å². The fourth-order valence-corrected chi connectivity index (χ4v) is 8.25. The van der Waals surface area contributed by atoms with Crippen molar-refractivity contribution < 1.29 is 23.2 Å². The molecule has 2 aliphatic heterocycles. The number of aryl methyl sites for hydroxylation is 1. The molecular weight excluding hydrogens is 520 g/mol. The van der Waals surface area contributed by atoms with E-state index < -0.39 is 18.7 Å². The molecule has 0 bridgehead atoms. The van der Waals surface area contributed by atoms with Gasteiger partial charge in [-0.15, -0.1) is 0 Å². The maximum atomic E-state index is 14.4. The van der Waals surface area contributed by atoms with Crippen LogP contribution in [0, 0.1) is 25.2 Å². The molecule has 1 aliphatic carbocycles. The third kappa shape index (κ3) is 4.29. The molecule has 2 fully saturated rings. The van der Waals surface area contributed by atoms with Crippen LogP contribution in [-0.2, 0) is 9.36 Å². The highest BCUT2D eigenvalue weighted by atomic mass is 31.2. The van der Waals surface area contributed by atoms with Gasteiger partial charge in [0.25, 0.3) is 5.91 Å². The number of carbonyl (C=O) groups excluding carboxylic acids is 1. The zero-order valence-electron chi connectivity index (χ0n) is 22.1. The van der Waals surface area contributed by atoms with E-state index in [9.17, 15) is 19.0 Å². The number of nitrogens with zero attached hydrogens (tertiary/aromatic N) is 4. The topological polar surface area (TPSA) is 117 Å². The predicted molar refractivity (Wildman–Crippen MR) is 145 cm³/mol. The highest BCUT2D eigenvalue weighted by Gasteiger charge is 2.53. The van der Waals surface area contributed by atoms with E-state index in [2.05, 4.69) is 21.4 Å². The molecule has 0 spiro atoms. The number of hydrogen-bond acceptors (Lipinski definition) is 8. The van der Waals surface area contributed by atoms with E-state index in [0.29, 0.717) is 44.9 Å². The molecule has 2 aromatic carbocycles. The summed E-state index contributed by atoms with van der Waals surface area (Å²) in [5.41, 5.74) is 1.29. The van der Waals surface area contributed by atoms with Gasteiger partial charge in [0.15, 0.2) is 17.2 Å². The number of fused-ring (bicyclic) bond motifs is 3. The van der Waals surface area contributed by atoms with Crippen molar-refractivity contribution in [3.8, 4) is 17.6 Å². The van der Waals surface area contributed by atoms with Crippen molar-refractivity contribution in [2.45, 2.75) is 45.3 Å². The van der Waals surface area contributed by atoms with Crippen LogP contribution < -0.4 is 20.1 Å². The third-order valence-corrected chi connectivity index (χ3v) is 11.0. The minimum absolute atomic E-state index is 0.0151. The summed E-state index contributed by atoms with van der Waals surface area (Å²) in [6, 6.07) is 9.48. The largest absolute Gasteiger partial charge is 0.453 e. The first kappa shape index (κ1) is 25.6. The quantitative estimate of drug-likeness (QED) is 0.467. The molecule has 9 nitrogen and oxygen atoms in total. The average molecular weight is 550 g/mol. The molecule has 11 heteroatoms. The molecule has 202 valence electrons. The second kappa shape index (κ2) is 9.20. The summed E-state index contributed by atoms with van der Waals surface area (Å²) in [7, 11) is -3.00.